The third-order valence-electron chi connectivity index (χ3n) is 3.70. The molecule has 0 bridgehead atoms. The van der Waals surface area contributed by atoms with Crippen molar-refractivity contribution in [2.45, 2.75) is 13.8 Å². The fourth-order valence-corrected chi connectivity index (χ4v) is 2.55. The summed E-state index contributed by atoms with van der Waals surface area (Å²) in [5.74, 6) is -0.226. The average molecular weight is 359 g/mol. The van der Waals surface area contributed by atoms with Gasteiger partial charge in [-0.15, -0.1) is 0 Å². The Labute approximate surface area is 153 Å². The van der Waals surface area contributed by atoms with Crippen LogP contribution in [0.3, 0.4) is 0 Å². The lowest BCUT2D eigenvalue weighted by Crippen LogP contribution is -2.25. The van der Waals surface area contributed by atoms with Crippen molar-refractivity contribution in [2.75, 3.05) is 29.9 Å². The molecule has 0 fully saturated rings. The first-order valence-corrected chi connectivity index (χ1v) is 8.66. The van der Waals surface area contributed by atoms with E-state index in [0.717, 1.165) is 24.3 Å². The van der Waals surface area contributed by atoms with Gasteiger partial charge in [0.2, 0.25) is 0 Å². The van der Waals surface area contributed by atoms with Gasteiger partial charge in [-0.25, -0.2) is 5.43 Å². The molecule has 5 nitrogen and oxygen atoms in total. The predicted octanol–water partition coefficient (Wildman–Crippen LogP) is 3.75. The number of anilines is 2. The number of amides is 1. The Kier molecular flexibility index (Phi) is 7.29. The molecule has 132 valence electrons. The average Bonchev–Trinajstić information content (AvgIpc) is 2.62. The molecule has 0 aliphatic rings. The van der Waals surface area contributed by atoms with Gasteiger partial charge in [0.05, 0.1) is 12.8 Å². The molecule has 0 saturated carbocycles. The van der Waals surface area contributed by atoms with Gasteiger partial charge in [0.25, 0.3) is 5.91 Å². The van der Waals surface area contributed by atoms with Crippen LogP contribution in [0.1, 0.15) is 19.4 Å². The van der Waals surface area contributed by atoms with Crippen LogP contribution >= 0.6 is 11.6 Å². The summed E-state index contributed by atoms with van der Waals surface area (Å²) in [4.78, 5) is 14.1. The first kappa shape index (κ1) is 18.8. The molecule has 0 aliphatic carbocycles. The number of carbonyl (C=O) groups excluding carboxylic acids is 1. The Morgan fingerprint density at radius 1 is 1.16 bits per heavy atom. The van der Waals surface area contributed by atoms with Crippen LogP contribution in [0.2, 0.25) is 5.02 Å². The molecule has 0 aliphatic heterocycles. The van der Waals surface area contributed by atoms with Crippen LogP contribution in [0, 0.1) is 0 Å². The normalized spacial score (nSPS) is 10.7. The minimum Gasteiger partial charge on any atom is -0.376 e. The van der Waals surface area contributed by atoms with Gasteiger partial charge in [0, 0.05) is 29.5 Å². The molecule has 2 aromatic rings. The number of hydrogen-bond acceptors (Lipinski definition) is 4. The molecule has 0 spiro atoms. The number of rotatable bonds is 8. The van der Waals surface area contributed by atoms with E-state index < -0.39 is 0 Å². The number of halogens is 1. The molecule has 6 heteroatoms. The Morgan fingerprint density at radius 2 is 1.88 bits per heavy atom. The molecule has 0 aromatic heterocycles. The maximum absolute atomic E-state index is 11.8. The van der Waals surface area contributed by atoms with E-state index in [0.29, 0.717) is 5.02 Å². The van der Waals surface area contributed by atoms with Crippen molar-refractivity contribution in [2.24, 2.45) is 5.10 Å². The fraction of sp³-hybridized carbons (Fsp3) is 0.263. The van der Waals surface area contributed by atoms with E-state index in [1.54, 1.807) is 18.3 Å². The number of carbonyl (C=O) groups is 1. The second-order valence-corrected chi connectivity index (χ2v) is 5.86. The van der Waals surface area contributed by atoms with Crippen molar-refractivity contribution >= 4 is 35.1 Å². The third-order valence-corrected chi connectivity index (χ3v) is 3.94. The lowest BCUT2D eigenvalue weighted by molar-refractivity contribution is -0.119. The SMILES string of the molecule is CCN(CC)c1ccc(/C=N\NC(=O)CNc2cccc(Cl)c2)cc1. The zero-order valence-electron chi connectivity index (χ0n) is 14.5. The summed E-state index contributed by atoms with van der Waals surface area (Å²) >= 11 is 5.89. The number of hydrazone groups is 1. The van der Waals surface area contributed by atoms with Gasteiger partial charge in [-0.2, -0.15) is 5.10 Å². The number of nitrogens with zero attached hydrogens (tertiary/aromatic N) is 2. The Hall–Kier alpha value is -2.53. The Morgan fingerprint density at radius 3 is 2.52 bits per heavy atom. The summed E-state index contributed by atoms with van der Waals surface area (Å²) in [6, 6.07) is 15.3. The predicted molar refractivity (Wildman–Crippen MR) is 106 cm³/mol. The molecule has 0 radical (unpaired) electrons. The topological polar surface area (TPSA) is 56.7 Å². The van der Waals surface area contributed by atoms with Crippen LogP contribution in [-0.2, 0) is 4.79 Å². The van der Waals surface area contributed by atoms with Crippen LogP contribution in [0.4, 0.5) is 11.4 Å². The lowest BCUT2D eigenvalue weighted by Gasteiger charge is -2.20. The minimum absolute atomic E-state index is 0.124. The van der Waals surface area contributed by atoms with Gasteiger partial charge in [-0.1, -0.05) is 29.8 Å². The van der Waals surface area contributed by atoms with Crippen molar-refractivity contribution in [1.82, 2.24) is 5.43 Å². The fourth-order valence-electron chi connectivity index (χ4n) is 2.36. The maximum atomic E-state index is 11.8. The molecule has 0 saturated heterocycles. The van der Waals surface area contributed by atoms with Crippen LogP contribution in [-0.4, -0.2) is 31.8 Å². The highest BCUT2D eigenvalue weighted by Gasteiger charge is 2.01. The molecule has 0 unspecified atom stereocenters. The smallest absolute Gasteiger partial charge is 0.259 e. The van der Waals surface area contributed by atoms with E-state index >= 15 is 0 Å². The molecule has 2 N–H and O–H groups in total. The highest BCUT2D eigenvalue weighted by Crippen LogP contribution is 2.15. The van der Waals surface area contributed by atoms with Crippen LogP contribution in [0.25, 0.3) is 0 Å². The first-order valence-electron chi connectivity index (χ1n) is 8.28. The molecule has 25 heavy (non-hydrogen) atoms. The van der Waals surface area contributed by atoms with Crippen molar-refractivity contribution in [1.29, 1.82) is 0 Å². The zero-order valence-corrected chi connectivity index (χ0v) is 15.3. The maximum Gasteiger partial charge on any atom is 0.259 e. The van der Waals surface area contributed by atoms with E-state index in [1.807, 2.05) is 24.3 Å². The largest absolute Gasteiger partial charge is 0.376 e. The van der Waals surface area contributed by atoms with E-state index in [1.165, 1.54) is 5.69 Å². The number of nitrogens with one attached hydrogen (secondary N) is 2. The van der Waals surface area contributed by atoms with Gasteiger partial charge >= 0.3 is 0 Å². The Balaban J connectivity index is 1.80. The summed E-state index contributed by atoms with van der Waals surface area (Å²) in [6.45, 7) is 6.33. The minimum atomic E-state index is -0.226. The summed E-state index contributed by atoms with van der Waals surface area (Å²) in [6.07, 6.45) is 1.63. The van der Waals surface area contributed by atoms with E-state index in [2.05, 4.69) is 46.7 Å². The van der Waals surface area contributed by atoms with Gasteiger partial charge in [-0.3, -0.25) is 4.79 Å². The third kappa shape index (κ3) is 6.12. The van der Waals surface area contributed by atoms with Gasteiger partial charge in [0.15, 0.2) is 0 Å². The summed E-state index contributed by atoms with van der Waals surface area (Å²) < 4.78 is 0. The molecular weight excluding hydrogens is 336 g/mol. The van der Waals surface area contributed by atoms with Crippen molar-refractivity contribution in [3.8, 4) is 0 Å². The highest BCUT2D eigenvalue weighted by atomic mass is 35.5. The lowest BCUT2D eigenvalue weighted by atomic mass is 10.2. The van der Waals surface area contributed by atoms with Crippen LogP contribution in [0.15, 0.2) is 53.6 Å². The molecule has 0 atom stereocenters. The zero-order chi connectivity index (χ0) is 18.1. The molecule has 0 heterocycles. The standard InChI is InChI=1S/C19H23ClN4O/c1-3-24(4-2)18-10-8-15(9-11-18)13-22-23-19(25)14-21-17-7-5-6-16(20)12-17/h5-13,21H,3-4,14H2,1-2H3,(H,23,25)/b22-13-. The Bertz CT molecular complexity index is 712. The van der Waals surface area contributed by atoms with E-state index in [-0.39, 0.29) is 12.5 Å². The van der Waals surface area contributed by atoms with Gasteiger partial charge in [0.1, 0.15) is 0 Å². The molecular formula is C19H23ClN4O. The summed E-state index contributed by atoms with van der Waals surface area (Å²) in [5.41, 5.74) is 5.40. The van der Waals surface area contributed by atoms with Crippen LogP contribution in [0.5, 0.6) is 0 Å². The number of hydrogen-bond donors (Lipinski definition) is 2. The summed E-state index contributed by atoms with van der Waals surface area (Å²) in [5, 5.41) is 7.59. The highest BCUT2D eigenvalue weighted by molar-refractivity contribution is 6.30. The van der Waals surface area contributed by atoms with E-state index in [4.69, 9.17) is 11.6 Å². The summed E-state index contributed by atoms with van der Waals surface area (Å²) in [7, 11) is 0. The van der Waals surface area contributed by atoms with Gasteiger partial charge in [-0.05, 0) is 49.7 Å². The van der Waals surface area contributed by atoms with Crippen LogP contribution < -0.4 is 15.6 Å². The molecule has 2 aromatic carbocycles. The van der Waals surface area contributed by atoms with E-state index in [9.17, 15) is 4.79 Å². The van der Waals surface area contributed by atoms with Crippen molar-refractivity contribution in [3.05, 3.63) is 59.1 Å². The first-order chi connectivity index (χ1) is 12.1. The molecule has 1 amide bonds. The van der Waals surface area contributed by atoms with Gasteiger partial charge < -0.3 is 10.2 Å². The van der Waals surface area contributed by atoms with Crippen molar-refractivity contribution < 1.29 is 4.79 Å². The second-order valence-electron chi connectivity index (χ2n) is 5.42. The monoisotopic (exact) mass is 358 g/mol. The second kappa shape index (κ2) is 9.69. The molecule has 2 rings (SSSR count). The number of benzene rings is 2. The quantitative estimate of drug-likeness (QED) is 0.558. The van der Waals surface area contributed by atoms with Crippen molar-refractivity contribution in [3.63, 3.8) is 0 Å².